The lowest BCUT2D eigenvalue weighted by molar-refractivity contribution is -0.0162. The number of para-hydroxylation sites is 2. The maximum Gasteiger partial charge on any atom is 0.329 e. The lowest BCUT2D eigenvalue weighted by atomic mass is 9.85. The van der Waals surface area contributed by atoms with Crippen molar-refractivity contribution in [1.82, 2.24) is 14.0 Å². The molecule has 2 fully saturated rings. The van der Waals surface area contributed by atoms with Crippen LogP contribution in [0, 0.1) is 11.8 Å². The summed E-state index contributed by atoms with van der Waals surface area (Å²) in [5.41, 5.74) is 1.88. The summed E-state index contributed by atoms with van der Waals surface area (Å²) in [4.78, 5) is 15.8. The average molecular weight is 430 g/mol. The first-order chi connectivity index (χ1) is 15.1. The van der Waals surface area contributed by atoms with Crippen molar-refractivity contribution in [3.8, 4) is 0 Å². The van der Waals surface area contributed by atoms with Gasteiger partial charge in [-0.2, -0.15) is 0 Å². The Hall–Kier alpha value is -1.63. The minimum Gasteiger partial charge on any atom is -0.394 e. The van der Waals surface area contributed by atoms with E-state index in [4.69, 9.17) is 0 Å². The van der Waals surface area contributed by atoms with E-state index in [9.17, 15) is 15.0 Å². The molecule has 0 amide bonds. The minimum absolute atomic E-state index is 0.00249. The minimum atomic E-state index is -0.819. The number of aliphatic hydroxyl groups is 2. The van der Waals surface area contributed by atoms with Crippen LogP contribution in [0.15, 0.2) is 29.1 Å². The monoisotopic (exact) mass is 429 g/mol. The molecule has 1 aliphatic heterocycles. The Balaban J connectivity index is 1.58. The summed E-state index contributed by atoms with van der Waals surface area (Å²) in [7, 11) is 0. The molecular weight excluding hydrogens is 390 g/mol. The predicted molar refractivity (Wildman–Crippen MR) is 124 cm³/mol. The molecule has 172 valence electrons. The number of hydrogen-bond acceptors (Lipinski definition) is 4. The van der Waals surface area contributed by atoms with Gasteiger partial charge in [-0.3, -0.25) is 9.13 Å². The molecule has 1 saturated carbocycles. The normalized spacial score (nSPS) is 25.4. The number of hydrogen-bond donors (Lipinski definition) is 2. The van der Waals surface area contributed by atoms with Gasteiger partial charge in [0.05, 0.1) is 23.7 Å². The molecule has 3 atom stereocenters. The number of fused-ring (bicyclic) bond motifs is 1. The number of aryl methyl sites for hydroxylation is 1. The van der Waals surface area contributed by atoms with E-state index >= 15 is 0 Å². The summed E-state index contributed by atoms with van der Waals surface area (Å²) < 4.78 is 3.72. The highest BCUT2D eigenvalue weighted by Crippen LogP contribution is 2.34. The van der Waals surface area contributed by atoms with E-state index < -0.39 is 6.10 Å². The number of piperidine rings is 1. The van der Waals surface area contributed by atoms with Gasteiger partial charge in [-0.1, -0.05) is 44.2 Å². The molecule has 2 aromatic rings. The van der Waals surface area contributed by atoms with Gasteiger partial charge < -0.3 is 15.1 Å². The maximum absolute atomic E-state index is 13.3. The molecule has 4 rings (SSSR count). The van der Waals surface area contributed by atoms with Crippen LogP contribution in [0.3, 0.4) is 0 Å². The molecular formula is C25H39N3O3. The van der Waals surface area contributed by atoms with Gasteiger partial charge in [-0.05, 0) is 44.2 Å². The second-order valence-corrected chi connectivity index (χ2v) is 9.63. The summed E-state index contributed by atoms with van der Waals surface area (Å²) in [5.74, 6) is 0.578. The third kappa shape index (κ3) is 4.76. The van der Waals surface area contributed by atoms with E-state index in [1.165, 1.54) is 44.9 Å². The van der Waals surface area contributed by atoms with Crippen molar-refractivity contribution in [1.29, 1.82) is 0 Å². The second kappa shape index (κ2) is 10.3. The average Bonchev–Trinajstić information content (AvgIpc) is 3.06. The van der Waals surface area contributed by atoms with Crippen molar-refractivity contribution < 1.29 is 10.2 Å². The Bertz CT molecular complexity index is 897. The van der Waals surface area contributed by atoms with E-state index in [1.807, 2.05) is 40.3 Å². The van der Waals surface area contributed by atoms with Gasteiger partial charge in [-0.25, -0.2) is 4.79 Å². The molecule has 2 N–H and O–H groups in total. The van der Waals surface area contributed by atoms with E-state index in [1.54, 1.807) is 0 Å². The van der Waals surface area contributed by atoms with Crippen LogP contribution < -0.4 is 5.69 Å². The van der Waals surface area contributed by atoms with Crippen LogP contribution in [0.4, 0.5) is 0 Å². The van der Waals surface area contributed by atoms with Crippen molar-refractivity contribution in [2.45, 2.75) is 77.0 Å². The molecule has 2 heterocycles. The smallest absolute Gasteiger partial charge is 0.329 e. The third-order valence-electron chi connectivity index (χ3n) is 7.64. The molecule has 1 aromatic carbocycles. The largest absolute Gasteiger partial charge is 0.394 e. The van der Waals surface area contributed by atoms with Crippen LogP contribution in [-0.4, -0.2) is 56.6 Å². The fraction of sp³-hybridized carbons (Fsp3) is 0.720. The Kier molecular flexibility index (Phi) is 7.51. The van der Waals surface area contributed by atoms with Crippen LogP contribution in [0.1, 0.15) is 64.3 Å². The third-order valence-corrected chi connectivity index (χ3v) is 7.64. The Morgan fingerprint density at radius 3 is 2.39 bits per heavy atom. The highest BCUT2D eigenvalue weighted by atomic mass is 16.3. The first-order valence-corrected chi connectivity index (χ1v) is 12.3. The molecule has 3 unspecified atom stereocenters. The van der Waals surface area contributed by atoms with E-state index in [0.29, 0.717) is 6.54 Å². The SMILES string of the molecule is CCn1c(=O)n(C2CCN(CC3CCCCCCC3)CC2C(O)CO)c2ccccc21. The standard InChI is InChI=1S/C25H39N3O3/c1-2-27-22-12-8-9-13-23(22)28(25(27)31)21-14-15-26(17-20(21)24(30)18-29)16-19-10-6-4-3-5-7-11-19/h8-9,12-13,19-21,24,29-30H,2-7,10-11,14-18H2,1H3. The Labute approximate surface area is 185 Å². The zero-order valence-corrected chi connectivity index (χ0v) is 19.0. The zero-order valence-electron chi connectivity index (χ0n) is 19.0. The first kappa shape index (κ1) is 22.6. The summed E-state index contributed by atoms with van der Waals surface area (Å²) in [6, 6.07) is 7.85. The molecule has 0 radical (unpaired) electrons. The first-order valence-electron chi connectivity index (χ1n) is 12.3. The summed E-state index contributed by atoms with van der Waals surface area (Å²) in [6.45, 7) is 5.11. The quantitative estimate of drug-likeness (QED) is 0.738. The van der Waals surface area contributed by atoms with Crippen LogP contribution in [0.25, 0.3) is 11.0 Å². The van der Waals surface area contributed by atoms with Gasteiger partial charge in [-0.15, -0.1) is 0 Å². The van der Waals surface area contributed by atoms with Crippen molar-refractivity contribution in [2.24, 2.45) is 11.8 Å². The van der Waals surface area contributed by atoms with Crippen LogP contribution in [0.2, 0.25) is 0 Å². The number of nitrogens with zero attached hydrogens (tertiary/aromatic N) is 3. The van der Waals surface area contributed by atoms with Gasteiger partial charge in [0.1, 0.15) is 0 Å². The van der Waals surface area contributed by atoms with Crippen molar-refractivity contribution in [3.05, 3.63) is 34.7 Å². The van der Waals surface area contributed by atoms with Crippen LogP contribution in [-0.2, 0) is 6.54 Å². The molecule has 6 nitrogen and oxygen atoms in total. The highest BCUT2D eigenvalue weighted by Gasteiger charge is 2.37. The summed E-state index contributed by atoms with van der Waals surface area (Å²) in [6.07, 6.45) is 9.36. The fourth-order valence-electron chi connectivity index (χ4n) is 5.99. The number of aliphatic hydroxyl groups excluding tert-OH is 2. The van der Waals surface area contributed by atoms with Crippen LogP contribution >= 0.6 is 0 Å². The lowest BCUT2D eigenvalue weighted by Gasteiger charge is -2.42. The van der Waals surface area contributed by atoms with Gasteiger partial charge in [0.15, 0.2) is 0 Å². The molecule has 2 aliphatic rings. The van der Waals surface area contributed by atoms with Crippen molar-refractivity contribution >= 4 is 11.0 Å². The number of imidazole rings is 1. The molecule has 1 aromatic heterocycles. The van der Waals surface area contributed by atoms with Gasteiger partial charge in [0.25, 0.3) is 0 Å². The van der Waals surface area contributed by atoms with Crippen molar-refractivity contribution in [3.63, 3.8) is 0 Å². The van der Waals surface area contributed by atoms with E-state index in [-0.39, 0.29) is 24.3 Å². The molecule has 1 aliphatic carbocycles. The Morgan fingerprint density at radius 2 is 1.71 bits per heavy atom. The molecule has 1 saturated heterocycles. The Morgan fingerprint density at radius 1 is 1.03 bits per heavy atom. The number of benzene rings is 1. The maximum atomic E-state index is 13.3. The number of likely N-dealkylation sites (tertiary alicyclic amines) is 1. The van der Waals surface area contributed by atoms with Gasteiger partial charge in [0.2, 0.25) is 0 Å². The van der Waals surface area contributed by atoms with E-state index in [2.05, 4.69) is 4.90 Å². The topological polar surface area (TPSA) is 70.6 Å². The summed E-state index contributed by atoms with van der Waals surface area (Å²) >= 11 is 0. The number of rotatable bonds is 6. The van der Waals surface area contributed by atoms with Crippen molar-refractivity contribution in [2.75, 3.05) is 26.2 Å². The highest BCUT2D eigenvalue weighted by molar-refractivity contribution is 5.76. The molecule has 0 spiro atoms. The zero-order chi connectivity index (χ0) is 21.8. The predicted octanol–water partition coefficient (Wildman–Crippen LogP) is 3.40. The molecule has 31 heavy (non-hydrogen) atoms. The van der Waals surface area contributed by atoms with Crippen LogP contribution in [0.5, 0.6) is 0 Å². The summed E-state index contributed by atoms with van der Waals surface area (Å²) in [5, 5.41) is 20.5. The van der Waals surface area contributed by atoms with E-state index in [0.717, 1.165) is 43.0 Å². The number of aromatic nitrogens is 2. The second-order valence-electron chi connectivity index (χ2n) is 9.63. The molecule has 0 bridgehead atoms. The van der Waals surface area contributed by atoms with Gasteiger partial charge >= 0.3 is 5.69 Å². The fourth-order valence-corrected chi connectivity index (χ4v) is 5.99. The molecule has 6 heteroatoms. The van der Waals surface area contributed by atoms with Gasteiger partial charge in [0, 0.05) is 38.1 Å². The lowest BCUT2D eigenvalue weighted by Crippen LogP contribution is -2.49.